The molecule has 0 saturated carbocycles. The van der Waals surface area contributed by atoms with Crippen molar-refractivity contribution in [3.63, 3.8) is 0 Å². The Hall–Kier alpha value is -3.02. The molecule has 0 aliphatic carbocycles. The molecule has 1 saturated heterocycles. The van der Waals surface area contributed by atoms with Crippen molar-refractivity contribution in [1.29, 1.82) is 0 Å². The van der Waals surface area contributed by atoms with Crippen molar-refractivity contribution in [2.75, 3.05) is 32.5 Å². The van der Waals surface area contributed by atoms with Crippen LogP contribution in [0.25, 0.3) is 22.0 Å². The summed E-state index contributed by atoms with van der Waals surface area (Å²) in [7, 11) is 1.37. The lowest BCUT2D eigenvalue weighted by molar-refractivity contribution is -0.147. The first-order chi connectivity index (χ1) is 19.0. The van der Waals surface area contributed by atoms with E-state index < -0.39 is 17.3 Å². The predicted molar refractivity (Wildman–Crippen MR) is 155 cm³/mol. The summed E-state index contributed by atoms with van der Waals surface area (Å²) in [4.78, 5) is 42.4. The summed E-state index contributed by atoms with van der Waals surface area (Å²) < 4.78 is 45.5. The molecule has 2 heterocycles. The van der Waals surface area contributed by atoms with Crippen LogP contribution in [0.4, 0.5) is 13.2 Å². The first kappa shape index (κ1) is 32.5. The second-order valence-corrected chi connectivity index (χ2v) is 11.1. The molecule has 1 fully saturated rings. The number of hydrogen-bond acceptors (Lipinski definition) is 7. The summed E-state index contributed by atoms with van der Waals surface area (Å²) in [6, 6.07) is 7.03. The number of halogens is 4. The maximum absolute atomic E-state index is 13.5. The van der Waals surface area contributed by atoms with Gasteiger partial charge < -0.3 is 19.7 Å². The van der Waals surface area contributed by atoms with Crippen LogP contribution in [0.1, 0.15) is 38.7 Å². The number of likely N-dealkylation sites (tertiary alicyclic amines) is 1. The Morgan fingerprint density at radius 2 is 1.98 bits per heavy atom. The molecule has 222 valence electrons. The number of ketones is 1. The Morgan fingerprint density at radius 3 is 2.68 bits per heavy atom. The van der Waals surface area contributed by atoms with Gasteiger partial charge in [-0.15, -0.1) is 11.8 Å². The zero-order valence-corrected chi connectivity index (χ0v) is 23.2. The molecule has 1 aromatic heterocycles. The fraction of sp³-hybridized carbons (Fsp3) is 0.414. The van der Waals surface area contributed by atoms with Crippen LogP contribution in [0.3, 0.4) is 0 Å². The molecule has 7 nitrogen and oxygen atoms in total. The number of esters is 1. The second-order valence-electron chi connectivity index (χ2n) is 9.67. The highest BCUT2D eigenvalue weighted by atomic mass is 35.5. The number of alkyl halides is 3. The smallest absolute Gasteiger partial charge is 0.416 e. The minimum atomic E-state index is -4.63. The number of piperidine rings is 1. The highest BCUT2D eigenvalue weighted by molar-refractivity contribution is 8.00. The monoisotopic (exact) mass is 612 g/mol. The van der Waals surface area contributed by atoms with Gasteiger partial charge in [-0.2, -0.15) is 13.2 Å². The third-order valence-corrected chi connectivity index (χ3v) is 8.25. The molecule has 41 heavy (non-hydrogen) atoms. The number of hydrogen-bond donors (Lipinski definition) is 2. The molecule has 2 N–H and O–H groups in total. The number of phenols is 1. The zero-order valence-electron chi connectivity index (χ0n) is 21.6. The molecule has 1 atom stereocenters. The number of benzene rings is 2. The number of methoxy groups -OCH3 is 1. The summed E-state index contributed by atoms with van der Waals surface area (Å²) in [5.74, 6) is -0.914. The zero-order chi connectivity index (χ0) is 29.0. The van der Waals surface area contributed by atoms with Gasteiger partial charge in [-0.05, 0) is 68.8 Å². The number of aromatic hydroxyl groups is 1. The molecule has 12 heteroatoms. The van der Waals surface area contributed by atoms with Crippen molar-refractivity contribution in [3.8, 4) is 16.9 Å². The maximum atomic E-state index is 13.5. The molecule has 0 amide bonds. The minimum absolute atomic E-state index is 0. The summed E-state index contributed by atoms with van der Waals surface area (Å²) in [6.07, 6.45) is -2.21. The fourth-order valence-corrected chi connectivity index (χ4v) is 6.08. The van der Waals surface area contributed by atoms with Crippen molar-refractivity contribution >= 4 is 46.0 Å². The predicted octanol–water partition coefficient (Wildman–Crippen LogP) is 6.54. The minimum Gasteiger partial charge on any atom is -0.507 e. The van der Waals surface area contributed by atoms with E-state index in [1.54, 1.807) is 0 Å². The quantitative estimate of drug-likeness (QED) is 0.209. The third-order valence-electron chi connectivity index (χ3n) is 6.87. The Balaban J connectivity index is 0.00000462. The summed E-state index contributed by atoms with van der Waals surface area (Å²) in [5, 5.41) is 10.9. The lowest BCUT2D eigenvalue weighted by atomic mass is 9.98. The van der Waals surface area contributed by atoms with Crippen molar-refractivity contribution in [2.45, 2.75) is 44.2 Å². The standard InChI is InChI=1S/C28H28ClF3N2O5S.CH4/c1-39-27(38)16-4-2-10-34(14-16)11-3-5-19(35)15-40-25-24(21-13-18(29)7-9-23(21)36)20-12-17(28(30,31)32)6-8-22(20)33-26(25)37;/h6-9,12-13,16,36H,2-5,10-11,14-15H2,1H3,(H,33,37);1H4. The van der Waals surface area contributed by atoms with E-state index in [9.17, 15) is 32.7 Å². The number of Topliss-reactive ketones (excluding diaryl/α,β-unsaturated/α-hetero) is 1. The molecule has 1 aliphatic rings. The van der Waals surface area contributed by atoms with Gasteiger partial charge in [-0.1, -0.05) is 19.0 Å². The molecular weight excluding hydrogens is 581 g/mol. The van der Waals surface area contributed by atoms with E-state index in [0.717, 1.165) is 49.3 Å². The fourth-order valence-electron chi connectivity index (χ4n) is 4.91. The molecule has 3 aromatic rings. The number of nitrogens with zero attached hydrogens (tertiary/aromatic N) is 1. The number of carbonyl (C=O) groups excluding carboxylic acids is 2. The van der Waals surface area contributed by atoms with E-state index in [1.165, 1.54) is 25.3 Å². The van der Waals surface area contributed by atoms with Gasteiger partial charge in [0.2, 0.25) is 0 Å². The van der Waals surface area contributed by atoms with Gasteiger partial charge in [0, 0.05) is 40.0 Å². The number of ether oxygens (including phenoxy) is 1. The van der Waals surface area contributed by atoms with Crippen LogP contribution in [0.5, 0.6) is 5.75 Å². The molecule has 4 rings (SSSR count). The Bertz CT molecular complexity index is 1480. The third kappa shape index (κ3) is 7.84. The molecule has 1 aliphatic heterocycles. The van der Waals surface area contributed by atoms with Crippen LogP contribution in [-0.4, -0.2) is 59.2 Å². The Morgan fingerprint density at radius 1 is 1.22 bits per heavy atom. The van der Waals surface area contributed by atoms with Gasteiger partial charge in [0.1, 0.15) is 11.5 Å². The number of nitrogens with one attached hydrogen (secondary N) is 1. The van der Waals surface area contributed by atoms with Crippen molar-refractivity contribution in [1.82, 2.24) is 9.88 Å². The van der Waals surface area contributed by atoms with Crippen LogP contribution in [-0.2, 0) is 20.5 Å². The number of phenolic OH excluding ortho intramolecular Hbond substituents is 1. The SMILES string of the molecule is C.COC(=O)C1CCCN(CCCC(=O)CSc2c(-c3cc(Cl)ccc3O)c3cc(C(F)(F)F)ccc3[nH]c2=O)C1. The highest BCUT2D eigenvalue weighted by Gasteiger charge is 2.31. The van der Waals surface area contributed by atoms with Crippen LogP contribution < -0.4 is 5.56 Å². The number of pyridine rings is 1. The average Bonchev–Trinajstić information content (AvgIpc) is 2.92. The van der Waals surface area contributed by atoms with Crippen molar-refractivity contribution in [2.24, 2.45) is 5.92 Å². The summed E-state index contributed by atoms with van der Waals surface area (Å²) in [6.45, 7) is 2.03. The van der Waals surface area contributed by atoms with Crippen molar-refractivity contribution in [3.05, 3.63) is 57.3 Å². The number of H-pyrrole nitrogens is 1. The second kappa shape index (κ2) is 13.8. The number of carbonyl (C=O) groups is 2. The first-order valence-electron chi connectivity index (χ1n) is 12.7. The van der Waals surface area contributed by atoms with E-state index in [4.69, 9.17) is 16.3 Å². The van der Waals surface area contributed by atoms with Crippen molar-refractivity contribution < 1.29 is 32.6 Å². The van der Waals surface area contributed by atoms with Gasteiger partial charge in [-0.25, -0.2) is 0 Å². The number of fused-ring (bicyclic) bond motifs is 1. The molecule has 1 unspecified atom stereocenters. The molecule has 0 radical (unpaired) electrons. The molecule has 2 aromatic carbocycles. The highest BCUT2D eigenvalue weighted by Crippen LogP contribution is 2.42. The van der Waals surface area contributed by atoms with E-state index >= 15 is 0 Å². The van der Waals surface area contributed by atoms with Crippen LogP contribution in [0, 0.1) is 5.92 Å². The lowest BCUT2D eigenvalue weighted by Crippen LogP contribution is -2.39. The van der Waals surface area contributed by atoms with Gasteiger partial charge in [0.05, 0.1) is 29.2 Å². The topological polar surface area (TPSA) is 99.7 Å². The van der Waals surface area contributed by atoms with Gasteiger partial charge >= 0.3 is 12.1 Å². The van der Waals surface area contributed by atoms with E-state index in [-0.39, 0.29) is 75.0 Å². The number of thioether (sulfide) groups is 1. The van der Waals surface area contributed by atoms with Crippen LogP contribution in [0.2, 0.25) is 5.02 Å². The first-order valence-corrected chi connectivity index (χ1v) is 14.0. The van der Waals surface area contributed by atoms with Gasteiger partial charge in [-0.3, -0.25) is 14.4 Å². The van der Waals surface area contributed by atoms with Gasteiger partial charge in [0.25, 0.3) is 5.56 Å². The summed E-state index contributed by atoms with van der Waals surface area (Å²) >= 11 is 7.04. The summed E-state index contributed by atoms with van der Waals surface area (Å²) in [5.41, 5.74) is -1.21. The normalized spacial score (nSPS) is 15.9. The van der Waals surface area contributed by atoms with Crippen LogP contribution in [0.15, 0.2) is 46.1 Å². The molecule has 0 spiro atoms. The largest absolute Gasteiger partial charge is 0.507 e. The number of aromatic nitrogens is 1. The van der Waals surface area contributed by atoms with Crippen LogP contribution >= 0.6 is 23.4 Å². The van der Waals surface area contributed by atoms with E-state index in [0.29, 0.717) is 19.5 Å². The molecule has 0 bridgehead atoms. The lowest BCUT2D eigenvalue weighted by Gasteiger charge is -2.31. The molecular formula is C29H32ClF3N2O5S. The maximum Gasteiger partial charge on any atom is 0.416 e. The van der Waals surface area contributed by atoms with E-state index in [1.807, 2.05) is 0 Å². The Labute approximate surface area is 245 Å². The number of rotatable bonds is 9. The number of aromatic amines is 1. The average molecular weight is 613 g/mol. The van der Waals surface area contributed by atoms with Gasteiger partial charge in [0.15, 0.2) is 0 Å². The Kier molecular flexibility index (Phi) is 10.9. The van der Waals surface area contributed by atoms with E-state index in [2.05, 4.69) is 9.88 Å².